The molecule has 3 aliphatic heterocycles. The second-order valence-corrected chi connectivity index (χ2v) is 29.0. The van der Waals surface area contributed by atoms with Gasteiger partial charge in [-0.05, 0) is 97.3 Å². The van der Waals surface area contributed by atoms with Crippen molar-refractivity contribution in [3.8, 4) is 0 Å². The Morgan fingerprint density at radius 1 is 0.553 bits per heavy atom. The minimum absolute atomic E-state index is 0.00901. The molecule has 0 bridgehead atoms. The molecule has 0 aliphatic carbocycles. The number of rotatable bonds is 39. The van der Waals surface area contributed by atoms with E-state index in [1.165, 1.54) is 38.5 Å². The molecule has 0 saturated carbocycles. The van der Waals surface area contributed by atoms with Crippen molar-refractivity contribution in [3.63, 3.8) is 0 Å². The van der Waals surface area contributed by atoms with Crippen LogP contribution < -0.4 is 4.90 Å². The van der Waals surface area contributed by atoms with Gasteiger partial charge in [-0.15, -0.1) is 5.06 Å². The van der Waals surface area contributed by atoms with Crippen LogP contribution >= 0.6 is 0 Å². The zero-order valence-corrected chi connectivity index (χ0v) is 55.8. The molecular weight excluding hydrogens is 1340 g/mol. The van der Waals surface area contributed by atoms with E-state index in [-0.39, 0.29) is 158 Å². The van der Waals surface area contributed by atoms with Crippen molar-refractivity contribution in [3.05, 3.63) is 95.7 Å². The van der Waals surface area contributed by atoms with E-state index in [2.05, 4.69) is 0 Å². The Balaban J connectivity index is 1.25. The van der Waals surface area contributed by atoms with Crippen molar-refractivity contribution in [2.24, 2.45) is 0 Å². The molecule has 0 spiro atoms. The average molecular weight is 1410 g/mol. The lowest BCUT2D eigenvalue weighted by molar-refractivity contribution is -0.441. The van der Waals surface area contributed by atoms with E-state index in [0.29, 0.717) is 58.8 Å². The molecule has 2 unspecified atom stereocenters. The van der Waals surface area contributed by atoms with Crippen LogP contribution in [0.25, 0.3) is 21.5 Å². The van der Waals surface area contributed by atoms with E-state index >= 15 is 0 Å². The molecule has 0 aromatic heterocycles. The van der Waals surface area contributed by atoms with Gasteiger partial charge in [0.25, 0.3) is 11.8 Å². The highest BCUT2D eigenvalue weighted by Crippen LogP contribution is 2.54. The fraction of sp³-hybridized carbons (Fsp3) is 0.492. The third kappa shape index (κ3) is 18.9. The first kappa shape index (κ1) is 75.3. The summed E-state index contributed by atoms with van der Waals surface area (Å²) in [5.74, 6) is -2.92. The molecule has 7 rings (SSSR count). The molecule has 1 fully saturated rings. The molecule has 30 nitrogen and oxygen atoms in total. The molecule has 3 aliphatic rings. The largest absolute Gasteiger partial charge is 0.748 e. The second kappa shape index (κ2) is 32.3. The van der Waals surface area contributed by atoms with Crippen LogP contribution in [0.1, 0.15) is 63.5 Å². The summed E-state index contributed by atoms with van der Waals surface area (Å²) >= 11 is 0. The summed E-state index contributed by atoms with van der Waals surface area (Å²) < 4.78 is 235. The van der Waals surface area contributed by atoms with Crippen LogP contribution in [0.15, 0.2) is 104 Å². The normalized spacial score (nSPS) is 18.6. The van der Waals surface area contributed by atoms with Crippen molar-refractivity contribution in [2.45, 2.75) is 82.8 Å². The molecule has 1 saturated heterocycles. The quantitative estimate of drug-likeness (QED) is 0.0204. The lowest BCUT2D eigenvalue weighted by Gasteiger charge is -2.31. The number of imide groups is 1. The number of methoxy groups -OCH3 is 2. The lowest BCUT2D eigenvalue weighted by Crippen LogP contribution is -2.32. The van der Waals surface area contributed by atoms with E-state index in [1.807, 2.05) is 4.90 Å². The highest BCUT2D eigenvalue weighted by atomic mass is 32.2. The van der Waals surface area contributed by atoms with Gasteiger partial charge in [-0.1, -0.05) is 24.3 Å². The maximum absolute atomic E-state index is 12.9. The van der Waals surface area contributed by atoms with Gasteiger partial charge in [-0.3, -0.25) is 9.59 Å². The monoisotopic (exact) mass is 1410 g/mol. The van der Waals surface area contributed by atoms with Crippen molar-refractivity contribution in [1.82, 2.24) is 5.06 Å². The van der Waals surface area contributed by atoms with Crippen LogP contribution in [0.5, 0.6) is 0 Å². The predicted molar refractivity (Wildman–Crippen MR) is 327 cm³/mol. The summed E-state index contributed by atoms with van der Waals surface area (Å²) in [6.45, 7) is 5.19. The molecule has 4 aromatic rings. The van der Waals surface area contributed by atoms with E-state index in [0.717, 1.165) is 12.1 Å². The Morgan fingerprint density at radius 3 is 1.57 bits per heavy atom. The molecule has 35 heteroatoms. The van der Waals surface area contributed by atoms with Crippen LogP contribution in [0, 0.1) is 0 Å². The topological polar surface area (TPSA) is 430 Å². The molecule has 0 radical (unpaired) electrons. The number of allylic oxidation sites excluding steroid dienone is 6. The SMILES string of the molecule is COCCOCCOCCOCCC1(C)\C(=C/C=C/C=C/C2=[N+](CCOC)c3ccc4c(S(=O)(=O)[O-])cc(S(=O)(=O)[O-])cc4c3C2(C)CCCS(=O)(=O)[O-])N(CCOCCOCCOCCC(=O)ON2C(=O)CCC2=O)c2ccc3c(S(=O)(=O)[O-])cc(S(=O)(=O)[O-])cc3c21. The standard InChI is InChI=1S/C59H75N3O27S5/c1-58(18-8-36-90(66,67)68)51(60(20-24-81-3)47-13-11-43-45(56(47)58)37-41(91(69,70)71)39-49(43)93(75,76)77)9-6-5-7-10-52-59(2,19-23-84-29-32-88-35-34-86-27-26-82-4)57-46-38-42(92(72,73)74)40-50(94(78,79)80)44(46)12-14-48(57)61(52)21-25-85-30-33-87-31-28-83-22-17-55(65)89-62-53(63)15-16-54(62)64/h5-7,9-14,37-40H,8,15-36H2,1-4H3,(H4-,66,67,68,69,70,71,72,73,74,75,76,77,78,79,80)/p-4. The lowest BCUT2D eigenvalue weighted by atomic mass is 9.74. The van der Waals surface area contributed by atoms with Gasteiger partial charge in [0.05, 0.1) is 121 Å². The van der Waals surface area contributed by atoms with Gasteiger partial charge in [-0.25, -0.2) is 46.9 Å². The van der Waals surface area contributed by atoms with Gasteiger partial charge >= 0.3 is 5.97 Å². The third-order valence-electron chi connectivity index (χ3n) is 15.7. The van der Waals surface area contributed by atoms with Crippen LogP contribution in [0.3, 0.4) is 0 Å². The van der Waals surface area contributed by atoms with Gasteiger partial charge in [0.15, 0.2) is 12.3 Å². The predicted octanol–water partition coefficient (Wildman–Crippen LogP) is 2.85. The first-order valence-electron chi connectivity index (χ1n) is 29.2. The van der Waals surface area contributed by atoms with Gasteiger partial charge in [0.2, 0.25) is 5.69 Å². The molecule has 3 heterocycles. The van der Waals surface area contributed by atoms with Crippen LogP contribution in [0.2, 0.25) is 0 Å². The number of hydroxylamine groups is 2. The number of anilines is 1. The summed E-state index contributed by atoms with van der Waals surface area (Å²) in [5.41, 5.74) is -0.661. The van der Waals surface area contributed by atoms with Crippen molar-refractivity contribution in [1.29, 1.82) is 0 Å². The smallest absolute Gasteiger partial charge is 0.335 e. The number of hydrogen-bond acceptors (Lipinski definition) is 28. The molecule has 4 aromatic carbocycles. The zero-order chi connectivity index (χ0) is 68.9. The van der Waals surface area contributed by atoms with Gasteiger partial charge < -0.3 is 70.4 Å². The second-order valence-electron chi connectivity index (χ2n) is 22.0. The summed E-state index contributed by atoms with van der Waals surface area (Å²) in [6.07, 6.45) is 7.38. The summed E-state index contributed by atoms with van der Waals surface area (Å²) in [4.78, 5) is 38.3. The van der Waals surface area contributed by atoms with Gasteiger partial charge in [-0.2, -0.15) is 4.58 Å². The maximum Gasteiger partial charge on any atom is 0.335 e. The maximum atomic E-state index is 12.9. The highest BCUT2D eigenvalue weighted by molar-refractivity contribution is 7.87. The minimum atomic E-state index is -5.44. The number of ether oxygens (including phenoxy) is 8. The van der Waals surface area contributed by atoms with Crippen LogP contribution in [0.4, 0.5) is 11.4 Å². The summed E-state index contributed by atoms with van der Waals surface area (Å²) in [6, 6.07) is 8.53. The molecule has 518 valence electrons. The molecule has 2 amide bonds. The fourth-order valence-corrected chi connectivity index (χ4v) is 14.6. The highest BCUT2D eigenvalue weighted by Gasteiger charge is 2.49. The Kier molecular flexibility index (Phi) is 25.9. The van der Waals surface area contributed by atoms with E-state index in [1.54, 1.807) is 48.8 Å². The Hall–Kier alpha value is -6.07. The molecular formula is C59H71N3O27S5-4. The van der Waals surface area contributed by atoms with Crippen molar-refractivity contribution >= 4 is 107 Å². The molecule has 0 N–H and O–H groups in total. The van der Waals surface area contributed by atoms with Crippen LogP contribution in [-0.4, -0.2) is 224 Å². The van der Waals surface area contributed by atoms with E-state index in [9.17, 15) is 79.2 Å². The number of carbonyl (C=O) groups is 3. The number of benzene rings is 4. The van der Waals surface area contributed by atoms with Gasteiger partial charge in [0, 0.05) is 85.9 Å². The number of amides is 2. The number of carbonyl (C=O) groups excluding carboxylic acids is 3. The summed E-state index contributed by atoms with van der Waals surface area (Å²) in [5, 5.41) is -0.184. The Morgan fingerprint density at radius 2 is 1.05 bits per heavy atom. The summed E-state index contributed by atoms with van der Waals surface area (Å²) in [7, 11) is -23.5. The van der Waals surface area contributed by atoms with E-state index < -0.39 is 105 Å². The molecule has 2 atom stereocenters. The van der Waals surface area contributed by atoms with Crippen LogP contribution in [-0.2, 0) is 119 Å². The zero-order valence-electron chi connectivity index (χ0n) is 51.7. The van der Waals surface area contributed by atoms with Crippen molar-refractivity contribution < 1.29 is 127 Å². The minimum Gasteiger partial charge on any atom is -0.748 e. The number of hydrogen-bond donors (Lipinski definition) is 0. The van der Waals surface area contributed by atoms with E-state index in [4.69, 9.17) is 42.7 Å². The number of nitrogens with zero attached hydrogens (tertiary/aromatic N) is 3. The first-order valence-corrected chi connectivity index (χ1v) is 36.5. The first-order chi connectivity index (χ1) is 44.3. The molecule has 94 heavy (non-hydrogen) atoms. The van der Waals surface area contributed by atoms with Crippen molar-refractivity contribution in [2.75, 3.05) is 130 Å². The van der Waals surface area contributed by atoms with Gasteiger partial charge in [0.1, 0.15) is 47.1 Å². The average Bonchev–Trinajstić information content (AvgIpc) is 1.53. The Bertz CT molecular complexity index is 4180. The number of fused-ring (bicyclic) bond motifs is 6. The fourth-order valence-electron chi connectivity index (χ4n) is 11.4. The Labute approximate surface area is 544 Å². The third-order valence-corrected chi connectivity index (χ3v) is 19.9.